The molecule has 1 amide bonds. The van der Waals surface area contributed by atoms with Gasteiger partial charge in [-0.1, -0.05) is 161 Å². The standard InChI is InChI=1S/C42H75N3O15.C30H39NO5/c1-4-5-6-7-16-37(60-41-40(58)39(57)38(56)26(3)59-41)25(2)36(55)24-35(54)23-34(53)21-30(49)14-9-13-29(48)20-33(52)22-32(51)19-28(47)12-8-11-27(46)18-31(50)15-10-17-45-42(43)44;1-4-5-6-16-19-25(32)24(3)30(36)23(2)18-15-13-11-9-7-8-10-12-14-17-20-28(35)31-29-26(33)21-22-27(29)34/h4-9,12,14,25-35,37-41,46-54,56-58H,10-11,13,15-24H2,1-3H3,(H4,43,44,45);4-10,12,14-20,23-25,30,32-33,36H,1,11,13,21-22H2,2-3H3,(H,31,35)/b5-4+,7-6+,12-8+,14-9+;6-5+,9-7+,10-8+,14-12+,18-15+,19-16+,20-17+. The summed E-state index contributed by atoms with van der Waals surface area (Å²) in [4.78, 5) is 40.3. The molecule has 0 radical (unpaired) electrons. The second-order valence-corrected chi connectivity index (χ2v) is 24.4. The van der Waals surface area contributed by atoms with E-state index >= 15 is 0 Å². The summed E-state index contributed by atoms with van der Waals surface area (Å²) < 4.78 is 11.5. The van der Waals surface area contributed by atoms with E-state index in [4.69, 9.17) is 20.9 Å². The number of amides is 1. The van der Waals surface area contributed by atoms with Crippen LogP contribution in [0.1, 0.15) is 137 Å². The first kappa shape index (κ1) is 87.9. The molecule has 2 rings (SSSR count). The molecule has 0 bridgehead atoms. The molecule has 0 aromatic carbocycles. The second-order valence-electron chi connectivity index (χ2n) is 24.4. The van der Waals surface area contributed by atoms with Gasteiger partial charge in [-0.3, -0.25) is 19.4 Å². The average molecular weight is 1360 g/mol. The number of nitrogens with one attached hydrogen (secondary N) is 1. The fourth-order valence-corrected chi connectivity index (χ4v) is 10.00. The number of hydrogen-bond acceptors (Lipinski definition) is 21. The van der Waals surface area contributed by atoms with Crippen molar-refractivity contribution in [2.24, 2.45) is 34.2 Å². The minimum Gasteiger partial charge on any atom is -0.510 e. The molecule has 20 N–H and O–H groups in total. The maximum absolute atomic E-state index is 13.2. The lowest BCUT2D eigenvalue weighted by molar-refractivity contribution is -0.306. The number of guanidine groups is 1. The average Bonchev–Trinajstić information content (AvgIpc) is 0.854. The number of unbranched alkanes of at least 4 members (excludes halogenated alkanes) is 1. The zero-order valence-corrected chi connectivity index (χ0v) is 56.4. The van der Waals surface area contributed by atoms with Gasteiger partial charge in [0.05, 0.1) is 79.4 Å². The Hall–Kier alpha value is -6.14. The summed E-state index contributed by atoms with van der Waals surface area (Å²) in [6.07, 6.45) is 23.9. The summed E-state index contributed by atoms with van der Waals surface area (Å²) in [5.74, 6) is -2.39. The van der Waals surface area contributed by atoms with Crippen LogP contribution < -0.4 is 16.8 Å². The first-order valence-corrected chi connectivity index (χ1v) is 33.1. The quantitative estimate of drug-likeness (QED) is 0.0102. The number of ketones is 2. The van der Waals surface area contributed by atoms with Crippen molar-refractivity contribution in [2.75, 3.05) is 6.54 Å². The number of allylic oxidation sites excluding steroid dienone is 17. The molecule has 20 unspecified atom stereocenters. The molecule has 0 saturated carbocycles. The third kappa shape index (κ3) is 39.9. The SMILES string of the molecule is C/C=C/C=C/CC(OC1OC(C)C(O)C(O)C1O)C(C)C(=O)CC(O)CC(O)CC(O)/C=C/CC(O)CC(O)CC(O)CC(O)/C=C/CC(O)CC(O)CCCN=C(N)N.C=C/C=C/C=C/C(O)C(C)C(O)C(C)/C=C/CC/C=C/C=C/C=C/C=C/C(=O)NC1=C(O)CCC1=O. The van der Waals surface area contributed by atoms with E-state index in [0.29, 0.717) is 19.4 Å². The minimum atomic E-state index is -1.57. The van der Waals surface area contributed by atoms with Crippen LogP contribution in [0.25, 0.3) is 0 Å². The van der Waals surface area contributed by atoms with E-state index in [1.807, 2.05) is 57.2 Å². The van der Waals surface area contributed by atoms with E-state index in [-0.39, 0.29) is 112 Å². The van der Waals surface area contributed by atoms with Gasteiger partial charge in [0.1, 0.15) is 35.6 Å². The number of Topliss-reactive ketones (excluding diaryl/α,β-unsaturated/α-hetero) is 2. The number of carbonyl (C=O) groups is 3. The molecule has 1 aliphatic heterocycles. The monoisotopic (exact) mass is 1350 g/mol. The normalized spacial score (nSPS) is 23.2. The van der Waals surface area contributed by atoms with Gasteiger partial charge in [0.2, 0.25) is 5.91 Å². The molecule has 96 heavy (non-hydrogen) atoms. The smallest absolute Gasteiger partial charge is 0.248 e. The van der Waals surface area contributed by atoms with Gasteiger partial charge in [0.15, 0.2) is 18.0 Å². The Balaban J connectivity index is 0.00000109. The van der Waals surface area contributed by atoms with E-state index in [2.05, 4.69) is 16.9 Å². The van der Waals surface area contributed by atoms with Gasteiger partial charge in [-0.15, -0.1) is 0 Å². The van der Waals surface area contributed by atoms with E-state index in [1.165, 1.54) is 31.2 Å². The van der Waals surface area contributed by atoms with E-state index < -0.39 is 122 Å². The van der Waals surface area contributed by atoms with Gasteiger partial charge in [0, 0.05) is 62.5 Å². The summed E-state index contributed by atoms with van der Waals surface area (Å²) in [5, 5.41) is 156. The van der Waals surface area contributed by atoms with E-state index in [1.54, 1.807) is 85.9 Å². The lowest BCUT2D eigenvalue weighted by Crippen LogP contribution is -2.58. The Morgan fingerprint density at radius 3 is 1.78 bits per heavy atom. The lowest BCUT2D eigenvalue weighted by atomic mass is 9.88. The highest BCUT2D eigenvalue weighted by Crippen LogP contribution is 2.28. The van der Waals surface area contributed by atoms with Gasteiger partial charge in [0.25, 0.3) is 0 Å². The van der Waals surface area contributed by atoms with Crippen LogP contribution in [0.15, 0.2) is 163 Å². The van der Waals surface area contributed by atoms with Gasteiger partial charge in [-0.05, 0) is 84.5 Å². The third-order valence-electron chi connectivity index (χ3n) is 15.7. The van der Waals surface area contributed by atoms with E-state index in [0.717, 1.165) is 12.8 Å². The summed E-state index contributed by atoms with van der Waals surface area (Å²) in [6, 6.07) is 0. The molecule has 24 heteroatoms. The molecular formula is C72H114N4O20. The molecule has 1 saturated heterocycles. The Labute approximate surface area is 566 Å². The van der Waals surface area contributed by atoms with Gasteiger partial charge in [-0.25, -0.2) is 0 Å². The van der Waals surface area contributed by atoms with Crippen LogP contribution in [-0.4, -0.2) is 211 Å². The maximum atomic E-state index is 13.2. The number of ether oxygens (including phenoxy) is 2. The first-order chi connectivity index (χ1) is 45.5. The summed E-state index contributed by atoms with van der Waals surface area (Å²) >= 11 is 0. The number of aliphatic hydroxyl groups excluding tert-OH is 15. The molecule has 1 heterocycles. The first-order valence-electron chi connectivity index (χ1n) is 33.1. The molecule has 20 atom stereocenters. The van der Waals surface area contributed by atoms with Crippen LogP contribution in [0, 0.1) is 17.8 Å². The highest BCUT2D eigenvalue weighted by atomic mass is 16.7. The lowest BCUT2D eigenvalue weighted by Gasteiger charge is -2.41. The molecule has 0 aromatic heterocycles. The Kier molecular flexibility index (Phi) is 46.8. The van der Waals surface area contributed by atoms with Crippen molar-refractivity contribution < 1.29 is 100 Å². The molecule has 1 fully saturated rings. The maximum Gasteiger partial charge on any atom is 0.248 e. The zero-order chi connectivity index (χ0) is 72.1. The number of aliphatic imine (C=N–C) groups is 1. The van der Waals surface area contributed by atoms with E-state index in [9.17, 15) is 91.0 Å². The van der Waals surface area contributed by atoms with Gasteiger partial charge in [-0.2, -0.15) is 0 Å². The third-order valence-corrected chi connectivity index (χ3v) is 15.7. The van der Waals surface area contributed by atoms with Crippen molar-refractivity contribution in [3.8, 4) is 0 Å². The van der Waals surface area contributed by atoms with Crippen LogP contribution in [0.4, 0.5) is 0 Å². The Morgan fingerprint density at radius 2 is 1.19 bits per heavy atom. The number of rotatable bonds is 46. The number of nitrogens with zero attached hydrogens (tertiary/aromatic N) is 1. The Morgan fingerprint density at radius 1 is 0.635 bits per heavy atom. The van der Waals surface area contributed by atoms with Crippen LogP contribution in [0.5, 0.6) is 0 Å². The minimum absolute atomic E-state index is 0.00621. The molecule has 542 valence electrons. The van der Waals surface area contributed by atoms with Crippen molar-refractivity contribution in [3.63, 3.8) is 0 Å². The fourth-order valence-electron chi connectivity index (χ4n) is 10.00. The van der Waals surface area contributed by atoms with Crippen LogP contribution in [0.3, 0.4) is 0 Å². The highest BCUT2D eigenvalue weighted by Gasteiger charge is 2.44. The number of nitrogens with two attached hydrogens (primary N) is 2. The molecular weight excluding hydrogens is 1240 g/mol. The summed E-state index contributed by atoms with van der Waals surface area (Å²) in [7, 11) is 0. The molecule has 1 aliphatic carbocycles. The summed E-state index contributed by atoms with van der Waals surface area (Å²) in [6.45, 7) is 12.7. The predicted molar refractivity (Wildman–Crippen MR) is 370 cm³/mol. The van der Waals surface area contributed by atoms with Gasteiger partial charge >= 0.3 is 0 Å². The largest absolute Gasteiger partial charge is 0.510 e. The zero-order valence-electron chi connectivity index (χ0n) is 56.4. The number of hydrogen-bond donors (Lipinski definition) is 18. The molecule has 0 aromatic rings. The topological polar surface area (TPSA) is 450 Å². The molecule has 24 nitrogen and oxygen atoms in total. The second kappa shape index (κ2) is 51.1. The number of aliphatic hydroxyl groups is 15. The predicted octanol–water partition coefficient (Wildman–Crippen LogP) is 3.94. The van der Waals surface area contributed by atoms with Crippen LogP contribution in [0.2, 0.25) is 0 Å². The molecule has 0 spiro atoms. The number of carbonyl (C=O) groups excluding carboxylic acids is 3. The van der Waals surface area contributed by atoms with Crippen molar-refractivity contribution >= 4 is 23.4 Å². The fraction of sp³-hybridized carbons (Fsp3) is 0.583. The van der Waals surface area contributed by atoms with Crippen molar-refractivity contribution in [1.82, 2.24) is 5.32 Å². The molecule has 2 aliphatic rings. The van der Waals surface area contributed by atoms with Crippen molar-refractivity contribution in [2.45, 2.75) is 241 Å². The van der Waals surface area contributed by atoms with Crippen LogP contribution in [-0.2, 0) is 23.9 Å². The van der Waals surface area contributed by atoms with Crippen molar-refractivity contribution in [3.05, 3.63) is 158 Å². The summed E-state index contributed by atoms with van der Waals surface area (Å²) in [5.41, 5.74) is 10.5. The van der Waals surface area contributed by atoms with Crippen LogP contribution >= 0.6 is 0 Å². The highest BCUT2D eigenvalue weighted by molar-refractivity contribution is 6.03. The van der Waals surface area contributed by atoms with Crippen molar-refractivity contribution in [1.29, 1.82) is 0 Å². The van der Waals surface area contributed by atoms with Gasteiger partial charge < -0.3 is 103 Å². The Bertz CT molecular complexity index is 2630.